The summed E-state index contributed by atoms with van der Waals surface area (Å²) in [7, 11) is 0. The van der Waals surface area contributed by atoms with E-state index >= 15 is 0 Å². The highest BCUT2D eigenvalue weighted by molar-refractivity contribution is 6.31. The van der Waals surface area contributed by atoms with Gasteiger partial charge in [-0.25, -0.2) is 0 Å². The highest BCUT2D eigenvalue weighted by Crippen LogP contribution is 2.44. The van der Waals surface area contributed by atoms with E-state index in [2.05, 4.69) is 0 Å². The second-order valence-electron chi connectivity index (χ2n) is 7.14. The molecule has 3 aromatic rings. The van der Waals surface area contributed by atoms with Crippen LogP contribution in [-0.2, 0) is 10.4 Å². The number of nitrogens with zero attached hydrogens (tertiary/aromatic N) is 1. The summed E-state index contributed by atoms with van der Waals surface area (Å²) in [5.74, 6) is -0.758. The van der Waals surface area contributed by atoms with Gasteiger partial charge in [-0.2, -0.15) is 0 Å². The molecule has 0 aromatic heterocycles. The standard InChI is InChI=1S/C23H20ClNO3/c1-2-11-25-20-10-9-18(24)13-19(20)23(28,22(25)27)14-21(26)17-8-7-15-5-3-4-6-16(15)12-17/h3-10,12-13,28H,2,11,14H2,1H3. The quantitative estimate of drug-likeness (QED) is 0.638. The molecule has 0 fully saturated rings. The van der Waals surface area contributed by atoms with Crippen molar-refractivity contribution in [1.82, 2.24) is 0 Å². The maximum absolute atomic E-state index is 13.0. The Labute approximate surface area is 168 Å². The van der Waals surface area contributed by atoms with Gasteiger partial charge in [0.1, 0.15) is 0 Å². The summed E-state index contributed by atoms with van der Waals surface area (Å²) in [4.78, 5) is 27.6. The first-order valence-electron chi connectivity index (χ1n) is 9.30. The van der Waals surface area contributed by atoms with Crippen LogP contribution < -0.4 is 4.90 Å². The molecule has 1 atom stereocenters. The maximum atomic E-state index is 13.0. The third-order valence-corrected chi connectivity index (χ3v) is 5.46. The van der Waals surface area contributed by atoms with Gasteiger partial charge in [-0.3, -0.25) is 9.59 Å². The largest absolute Gasteiger partial charge is 0.375 e. The number of carbonyl (C=O) groups excluding carboxylic acids is 2. The van der Waals surface area contributed by atoms with Crippen molar-refractivity contribution >= 4 is 39.8 Å². The smallest absolute Gasteiger partial charge is 0.264 e. The van der Waals surface area contributed by atoms with Gasteiger partial charge in [-0.05, 0) is 41.5 Å². The summed E-state index contributed by atoms with van der Waals surface area (Å²) < 4.78 is 0. The van der Waals surface area contributed by atoms with Gasteiger partial charge in [0, 0.05) is 22.7 Å². The van der Waals surface area contributed by atoms with E-state index in [0.29, 0.717) is 28.4 Å². The van der Waals surface area contributed by atoms with Gasteiger partial charge >= 0.3 is 0 Å². The molecule has 1 amide bonds. The van der Waals surface area contributed by atoms with Gasteiger partial charge in [0.05, 0.1) is 12.1 Å². The molecule has 5 heteroatoms. The van der Waals surface area contributed by atoms with Crippen LogP contribution in [0, 0.1) is 0 Å². The number of hydrogen-bond acceptors (Lipinski definition) is 3. The normalized spacial score (nSPS) is 18.5. The zero-order valence-corrected chi connectivity index (χ0v) is 16.2. The van der Waals surface area contributed by atoms with Gasteiger partial charge in [-0.15, -0.1) is 0 Å². The van der Waals surface area contributed by atoms with Crippen molar-refractivity contribution in [3.05, 3.63) is 76.8 Å². The molecule has 0 radical (unpaired) electrons. The lowest BCUT2D eigenvalue weighted by Crippen LogP contribution is -2.42. The number of amides is 1. The molecule has 1 aliphatic heterocycles. The Balaban J connectivity index is 1.72. The summed E-state index contributed by atoms with van der Waals surface area (Å²) in [6.07, 6.45) is 0.417. The Kier molecular flexibility index (Phi) is 4.69. The first-order valence-corrected chi connectivity index (χ1v) is 9.68. The summed E-state index contributed by atoms with van der Waals surface area (Å²) in [6, 6.07) is 18.1. The van der Waals surface area contributed by atoms with Crippen LogP contribution in [0.25, 0.3) is 10.8 Å². The minimum Gasteiger partial charge on any atom is -0.375 e. The number of aliphatic hydroxyl groups is 1. The number of benzene rings is 3. The van der Waals surface area contributed by atoms with Crippen LogP contribution >= 0.6 is 11.6 Å². The average molecular weight is 394 g/mol. The number of fused-ring (bicyclic) bond motifs is 2. The highest BCUT2D eigenvalue weighted by atomic mass is 35.5. The van der Waals surface area contributed by atoms with E-state index in [9.17, 15) is 14.7 Å². The predicted molar refractivity (Wildman–Crippen MR) is 111 cm³/mol. The van der Waals surface area contributed by atoms with Gasteiger partial charge in [-0.1, -0.05) is 54.9 Å². The maximum Gasteiger partial charge on any atom is 0.264 e. The Morgan fingerprint density at radius 3 is 2.57 bits per heavy atom. The molecular formula is C23H20ClNO3. The number of rotatable bonds is 5. The van der Waals surface area contributed by atoms with Crippen LogP contribution in [0.5, 0.6) is 0 Å². The summed E-state index contributed by atoms with van der Waals surface area (Å²) in [5, 5.41) is 13.7. The first kappa shape index (κ1) is 18.7. The minimum absolute atomic E-state index is 0.286. The molecule has 0 bridgehead atoms. The number of anilines is 1. The monoisotopic (exact) mass is 393 g/mol. The molecule has 1 aliphatic rings. The Morgan fingerprint density at radius 1 is 1.07 bits per heavy atom. The highest BCUT2D eigenvalue weighted by Gasteiger charge is 2.50. The van der Waals surface area contributed by atoms with Gasteiger partial charge < -0.3 is 10.0 Å². The fourth-order valence-electron chi connectivity index (χ4n) is 3.84. The minimum atomic E-state index is -1.90. The number of Topliss-reactive ketones (excluding diaryl/α,β-unsaturated/α-hetero) is 1. The number of ketones is 1. The molecule has 1 unspecified atom stereocenters. The zero-order valence-electron chi connectivity index (χ0n) is 15.5. The Morgan fingerprint density at radius 2 is 1.82 bits per heavy atom. The number of hydrogen-bond donors (Lipinski definition) is 1. The van der Waals surface area contributed by atoms with Crippen LogP contribution in [-0.4, -0.2) is 23.3 Å². The molecule has 142 valence electrons. The molecular weight excluding hydrogens is 374 g/mol. The molecule has 1 N–H and O–H groups in total. The predicted octanol–water partition coefficient (Wildman–Crippen LogP) is 4.71. The van der Waals surface area contributed by atoms with E-state index < -0.39 is 11.5 Å². The second-order valence-corrected chi connectivity index (χ2v) is 7.58. The lowest BCUT2D eigenvalue weighted by Gasteiger charge is -2.22. The van der Waals surface area contributed by atoms with E-state index in [4.69, 9.17) is 11.6 Å². The van der Waals surface area contributed by atoms with Crippen LogP contribution in [0.4, 0.5) is 5.69 Å². The van der Waals surface area contributed by atoms with Crippen LogP contribution in [0.1, 0.15) is 35.7 Å². The van der Waals surface area contributed by atoms with Crippen LogP contribution in [0.15, 0.2) is 60.7 Å². The molecule has 0 saturated heterocycles. The SMILES string of the molecule is CCCN1C(=O)C(O)(CC(=O)c2ccc3ccccc3c2)c2cc(Cl)ccc21. The summed E-state index contributed by atoms with van der Waals surface area (Å²) in [5.41, 5.74) is -0.423. The van der Waals surface area contributed by atoms with Crippen LogP contribution in [0.2, 0.25) is 5.02 Å². The lowest BCUT2D eigenvalue weighted by molar-refractivity contribution is -0.135. The fraction of sp³-hybridized carbons (Fsp3) is 0.217. The topological polar surface area (TPSA) is 57.6 Å². The van der Waals surface area contributed by atoms with Crippen molar-refractivity contribution in [2.24, 2.45) is 0 Å². The van der Waals surface area contributed by atoms with Gasteiger partial charge in [0.2, 0.25) is 0 Å². The van der Waals surface area contributed by atoms with Crippen molar-refractivity contribution < 1.29 is 14.7 Å². The third kappa shape index (κ3) is 2.99. The molecule has 1 heterocycles. The van der Waals surface area contributed by atoms with E-state index in [1.54, 1.807) is 35.2 Å². The molecule has 0 saturated carbocycles. The average Bonchev–Trinajstić information content (AvgIpc) is 2.89. The first-order chi connectivity index (χ1) is 13.4. The van der Waals surface area contributed by atoms with Crippen molar-refractivity contribution in [3.63, 3.8) is 0 Å². The van der Waals surface area contributed by atoms with Gasteiger partial charge in [0.25, 0.3) is 5.91 Å². The Bertz CT molecular complexity index is 1090. The summed E-state index contributed by atoms with van der Waals surface area (Å²) >= 11 is 6.12. The van der Waals surface area contributed by atoms with Crippen molar-refractivity contribution in [3.8, 4) is 0 Å². The van der Waals surface area contributed by atoms with Gasteiger partial charge in [0.15, 0.2) is 11.4 Å². The lowest BCUT2D eigenvalue weighted by atomic mass is 9.87. The number of halogens is 1. The molecule has 0 aliphatic carbocycles. The van der Waals surface area contributed by atoms with E-state index in [0.717, 1.165) is 17.2 Å². The third-order valence-electron chi connectivity index (χ3n) is 5.23. The Hall–Kier alpha value is -2.69. The van der Waals surface area contributed by atoms with E-state index in [1.807, 2.05) is 37.3 Å². The second kappa shape index (κ2) is 7.04. The van der Waals surface area contributed by atoms with E-state index in [1.165, 1.54) is 0 Å². The van der Waals surface area contributed by atoms with Crippen LogP contribution in [0.3, 0.4) is 0 Å². The number of carbonyl (C=O) groups is 2. The molecule has 0 spiro atoms. The van der Waals surface area contributed by atoms with Crippen molar-refractivity contribution in [2.45, 2.75) is 25.4 Å². The van der Waals surface area contributed by atoms with Crippen molar-refractivity contribution in [2.75, 3.05) is 11.4 Å². The molecule has 3 aromatic carbocycles. The summed E-state index contributed by atoms with van der Waals surface area (Å²) in [6.45, 7) is 2.43. The fourth-order valence-corrected chi connectivity index (χ4v) is 4.01. The van der Waals surface area contributed by atoms with E-state index in [-0.39, 0.29) is 12.2 Å². The molecule has 28 heavy (non-hydrogen) atoms. The molecule has 4 rings (SSSR count). The van der Waals surface area contributed by atoms with Crippen molar-refractivity contribution in [1.29, 1.82) is 0 Å². The zero-order chi connectivity index (χ0) is 19.9. The molecule has 4 nitrogen and oxygen atoms in total.